The fourth-order valence-electron chi connectivity index (χ4n) is 4.63. The Morgan fingerprint density at radius 2 is 1.77 bits per heavy atom. The first-order valence-electron chi connectivity index (χ1n) is 11.5. The minimum Gasteiger partial charge on any atom is -0.454 e. The van der Waals surface area contributed by atoms with Crippen molar-refractivity contribution in [3.8, 4) is 22.6 Å². The number of hydrogen-bond acceptors (Lipinski definition) is 6. The molecule has 0 N–H and O–H groups in total. The number of hydrogen-bond donors (Lipinski definition) is 0. The second-order valence-corrected chi connectivity index (χ2v) is 11.6. The van der Waals surface area contributed by atoms with E-state index in [4.69, 9.17) is 9.47 Å². The Morgan fingerprint density at radius 3 is 2.49 bits per heavy atom. The molecule has 0 unspecified atom stereocenters. The maximum absolute atomic E-state index is 13.5. The molecule has 0 bridgehead atoms. The van der Waals surface area contributed by atoms with Crippen molar-refractivity contribution in [3.63, 3.8) is 0 Å². The van der Waals surface area contributed by atoms with E-state index in [9.17, 15) is 13.2 Å². The summed E-state index contributed by atoms with van der Waals surface area (Å²) in [5.74, 6) is 1.55. The van der Waals surface area contributed by atoms with Crippen molar-refractivity contribution in [2.24, 2.45) is 0 Å². The number of carbonyl (C=O) groups is 1. The minimum atomic E-state index is -3.54. The molecule has 0 saturated heterocycles. The van der Waals surface area contributed by atoms with Crippen LogP contribution in [0.5, 0.6) is 11.5 Å². The number of nitrogens with zero attached hydrogens (tertiary/aromatic N) is 2. The molecule has 35 heavy (non-hydrogen) atoms. The van der Waals surface area contributed by atoms with Crippen LogP contribution in [0.4, 0.5) is 0 Å². The van der Waals surface area contributed by atoms with Crippen LogP contribution in [0, 0.1) is 13.8 Å². The standard InChI is InChI=1S/C27H28N2O5S/c1-17-18(2)23(28-15-22(17)19-6-5-7-21(12-19)35(31,32)29(3)4)14-26(30)27(10-11-27)20-8-9-24-25(13-20)34-16-33-24/h5-9,12-13,15H,10-11,14,16H2,1-4H3. The first-order chi connectivity index (χ1) is 16.6. The van der Waals surface area contributed by atoms with E-state index in [-0.39, 0.29) is 23.9 Å². The van der Waals surface area contributed by atoms with E-state index in [1.165, 1.54) is 18.4 Å². The van der Waals surface area contributed by atoms with Gasteiger partial charge in [-0.2, -0.15) is 0 Å². The molecule has 2 heterocycles. The Bertz CT molecular complexity index is 1440. The molecule has 1 aromatic heterocycles. The van der Waals surface area contributed by atoms with E-state index >= 15 is 0 Å². The summed E-state index contributed by atoms with van der Waals surface area (Å²) in [6, 6.07) is 12.6. The zero-order valence-electron chi connectivity index (χ0n) is 20.3. The van der Waals surface area contributed by atoms with Crippen LogP contribution >= 0.6 is 0 Å². The second kappa shape index (κ2) is 8.46. The Balaban J connectivity index is 1.42. The maximum Gasteiger partial charge on any atom is 0.242 e. The van der Waals surface area contributed by atoms with Crippen molar-refractivity contribution >= 4 is 15.8 Å². The maximum atomic E-state index is 13.5. The molecule has 0 amide bonds. The number of pyridine rings is 1. The summed E-state index contributed by atoms with van der Waals surface area (Å²) in [4.78, 5) is 18.3. The van der Waals surface area contributed by atoms with Gasteiger partial charge in [0.15, 0.2) is 11.5 Å². The van der Waals surface area contributed by atoms with E-state index in [2.05, 4.69) is 4.98 Å². The normalized spacial score (nSPS) is 15.9. The number of fused-ring (bicyclic) bond motifs is 1. The van der Waals surface area contributed by atoms with Crippen LogP contribution in [0.15, 0.2) is 53.6 Å². The van der Waals surface area contributed by atoms with E-state index < -0.39 is 15.4 Å². The first-order valence-corrected chi connectivity index (χ1v) is 13.0. The molecule has 3 aromatic rings. The van der Waals surface area contributed by atoms with Gasteiger partial charge in [-0.3, -0.25) is 9.78 Å². The Labute approximate surface area is 205 Å². The molecular formula is C27H28N2O5S. The van der Waals surface area contributed by atoms with Gasteiger partial charge in [-0.05, 0) is 73.2 Å². The smallest absolute Gasteiger partial charge is 0.242 e. The van der Waals surface area contributed by atoms with Crippen molar-refractivity contribution in [1.82, 2.24) is 9.29 Å². The molecule has 7 nitrogen and oxygen atoms in total. The summed E-state index contributed by atoms with van der Waals surface area (Å²) in [6.45, 7) is 4.16. The summed E-state index contributed by atoms with van der Waals surface area (Å²) >= 11 is 0. The van der Waals surface area contributed by atoms with Crippen molar-refractivity contribution in [2.75, 3.05) is 20.9 Å². The molecule has 182 valence electrons. The summed E-state index contributed by atoms with van der Waals surface area (Å²) in [5, 5.41) is 0. The van der Waals surface area contributed by atoms with Crippen LogP contribution in [-0.2, 0) is 26.7 Å². The molecule has 0 radical (unpaired) electrons. The molecule has 8 heteroatoms. The van der Waals surface area contributed by atoms with E-state index in [1.807, 2.05) is 38.1 Å². The van der Waals surface area contributed by atoms with E-state index in [0.717, 1.165) is 46.4 Å². The number of aromatic nitrogens is 1. The van der Waals surface area contributed by atoms with Gasteiger partial charge in [-0.1, -0.05) is 18.2 Å². The molecule has 1 aliphatic carbocycles. The van der Waals surface area contributed by atoms with Gasteiger partial charge in [-0.15, -0.1) is 0 Å². The molecule has 1 saturated carbocycles. The topological polar surface area (TPSA) is 85.8 Å². The lowest BCUT2D eigenvalue weighted by atomic mass is 9.87. The zero-order valence-corrected chi connectivity index (χ0v) is 21.1. The predicted octanol–water partition coefficient (Wildman–Crippen LogP) is 4.19. The third kappa shape index (κ3) is 4.00. The van der Waals surface area contributed by atoms with E-state index in [1.54, 1.807) is 24.4 Å². The quantitative estimate of drug-likeness (QED) is 0.492. The van der Waals surface area contributed by atoms with Crippen molar-refractivity contribution in [1.29, 1.82) is 0 Å². The van der Waals surface area contributed by atoms with Gasteiger partial charge >= 0.3 is 0 Å². The summed E-state index contributed by atoms with van der Waals surface area (Å²) in [6.07, 6.45) is 3.62. The highest BCUT2D eigenvalue weighted by atomic mass is 32.2. The Morgan fingerprint density at radius 1 is 1.03 bits per heavy atom. The van der Waals surface area contributed by atoms with Gasteiger partial charge in [-0.25, -0.2) is 12.7 Å². The van der Waals surface area contributed by atoms with Gasteiger partial charge in [0.05, 0.1) is 16.0 Å². The first kappa shape index (κ1) is 23.5. The van der Waals surface area contributed by atoms with Crippen molar-refractivity contribution in [2.45, 2.75) is 43.4 Å². The molecule has 1 aliphatic heterocycles. The lowest BCUT2D eigenvalue weighted by Crippen LogP contribution is -2.23. The highest BCUT2D eigenvalue weighted by Gasteiger charge is 2.51. The largest absolute Gasteiger partial charge is 0.454 e. The lowest BCUT2D eigenvalue weighted by Gasteiger charge is -2.18. The van der Waals surface area contributed by atoms with E-state index in [0.29, 0.717) is 11.5 Å². The number of sulfonamides is 1. The third-order valence-corrected chi connectivity index (χ3v) is 9.02. The number of ketones is 1. The van der Waals surface area contributed by atoms with Gasteiger partial charge < -0.3 is 9.47 Å². The summed E-state index contributed by atoms with van der Waals surface area (Å²) in [7, 11) is -0.513. The van der Waals surface area contributed by atoms with Gasteiger partial charge in [0.2, 0.25) is 16.8 Å². The highest BCUT2D eigenvalue weighted by molar-refractivity contribution is 7.89. The third-order valence-electron chi connectivity index (χ3n) is 7.21. The summed E-state index contributed by atoms with van der Waals surface area (Å²) < 4.78 is 37.3. The molecular weight excluding hydrogens is 464 g/mol. The molecule has 1 fully saturated rings. The van der Waals surface area contributed by atoms with Crippen LogP contribution in [0.25, 0.3) is 11.1 Å². The van der Waals surface area contributed by atoms with Crippen molar-refractivity contribution in [3.05, 3.63) is 71.0 Å². The fourth-order valence-corrected chi connectivity index (χ4v) is 5.58. The number of Topliss-reactive ketones (excluding diaryl/α,β-unsaturated/α-hetero) is 1. The fraction of sp³-hybridized carbons (Fsp3) is 0.333. The number of carbonyl (C=O) groups excluding carboxylic acids is 1. The Hall–Kier alpha value is -3.23. The molecule has 5 rings (SSSR count). The Kier molecular flexibility index (Phi) is 5.68. The SMILES string of the molecule is Cc1c(-c2cccc(S(=O)(=O)N(C)C)c2)cnc(CC(=O)C2(c3ccc4c(c3)OCO4)CC2)c1C. The minimum absolute atomic E-state index is 0.151. The monoisotopic (exact) mass is 492 g/mol. The number of rotatable bonds is 7. The van der Waals surface area contributed by atoms with Crippen molar-refractivity contribution < 1.29 is 22.7 Å². The molecule has 0 atom stereocenters. The predicted molar refractivity (Wildman–Crippen MR) is 132 cm³/mol. The molecule has 0 spiro atoms. The number of benzene rings is 2. The average Bonchev–Trinajstić information content (AvgIpc) is 3.53. The lowest BCUT2D eigenvalue weighted by molar-refractivity contribution is -0.120. The van der Waals surface area contributed by atoms with Gasteiger partial charge in [0.25, 0.3) is 0 Å². The van der Waals surface area contributed by atoms with Crippen LogP contribution in [0.1, 0.15) is 35.2 Å². The summed E-state index contributed by atoms with van der Waals surface area (Å²) in [5.41, 5.74) is 4.78. The van der Waals surface area contributed by atoms with Gasteiger partial charge in [0, 0.05) is 32.3 Å². The van der Waals surface area contributed by atoms with Gasteiger partial charge in [0.1, 0.15) is 5.78 Å². The number of ether oxygens (including phenoxy) is 2. The molecule has 2 aliphatic rings. The van der Waals surface area contributed by atoms with Crippen LogP contribution in [-0.4, -0.2) is 44.4 Å². The highest BCUT2D eigenvalue weighted by Crippen LogP contribution is 2.51. The van der Waals surface area contributed by atoms with Crippen LogP contribution in [0.3, 0.4) is 0 Å². The van der Waals surface area contributed by atoms with Crippen LogP contribution in [0.2, 0.25) is 0 Å². The molecule has 2 aromatic carbocycles. The zero-order chi connectivity index (χ0) is 25.0. The average molecular weight is 493 g/mol. The second-order valence-electron chi connectivity index (χ2n) is 9.43. The van der Waals surface area contributed by atoms with Crippen LogP contribution < -0.4 is 9.47 Å².